The first-order valence-electron chi connectivity index (χ1n) is 14.3. The van der Waals surface area contributed by atoms with Gasteiger partial charge in [-0.1, -0.05) is 43.4 Å². The van der Waals surface area contributed by atoms with Crippen LogP contribution in [0.5, 0.6) is 5.75 Å². The maximum absolute atomic E-state index is 13.8. The molecule has 1 unspecified atom stereocenters. The maximum atomic E-state index is 13.8. The third kappa shape index (κ3) is 6.66. The van der Waals surface area contributed by atoms with Crippen molar-refractivity contribution in [3.63, 3.8) is 0 Å². The van der Waals surface area contributed by atoms with Gasteiger partial charge in [-0.25, -0.2) is 14.6 Å². The van der Waals surface area contributed by atoms with E-state index in [1.165, 1.54) is 7.11 Å². The van der Waals surface area contributed by atoms with Crippen molar-refractivity contribution in [1.82, 2.24) is 9.55 Å². The fraction of sp³-hybridized carbons (Fsp3) is 0.424. The van der Waals surface area contributed by atoms with E-state index in [1.807, 2.05) is 63.6 Å². The van der Waals surface area contributed by atoms with Gasteiger partial charge in [-0.05, 0) is 45.4 Å². The van der Waals surface area contributed by atoms with Crippen LogP contribution in [0, 0.1) is 5.92 Å². The minimum absolute atomic E-state index is 0.0470. The zero-order valence-corrected chi connectivity index (χ0v) is 25.3. The first kappa shape index (κ1) is 30.5. The van der Waals surface area contributed by atoms with Crippen molar-refractivity contribution in [3.05, 3.63) is 77.6 Å². The molecule has 2 aliphatic heterocycles. The summed E-state index contributed by atoms with van der Waals surface area (Å²) in [6, 6.07) is 10.6. The van der Waals surface area contributed by atoms with Crippen LogP contribution < -0.4 is 4.74 Å². The Balaban J connectivity index is 1.58. The third-order valence-corrected chi connectivity index (χ3v) is 7.65. The number of imidazole rings is 1. The fourth-order valence-electron chi connectivity index (χ4n) is 5.28. The van der Waals surface area contributed by atoms with E-state index < -0.39 is 42.1 Å². The number of aromatic nitrogens is 2. The zero-order chi connectivity index (χ0) is 30.7. The molecule has 10 nitrogen and oxygen atoms in total. The lowest BCUT2D eigenvalue weighted by molar-refractivity contribution is -0.152. The third-order valence-electron chi connectivity index (χ3n) is 7.65. The number of ether oxygens (including phenoxy) is 6. The van der Waals surface area contributed by atoms with E-state index in [2.05, 4.69) is 4.98 Å². The molecule has 0 N–H and O–H groups in total. The van der Waals surface area contributed by atoms with E-state index in [1.54, 1.807) is 42.7 Å². The second kappa shape index (κ2) is 12.7. The number of carbonyl (C=O) groups excluding carboxylic acids is 2. The average Bonchev–Trinajstić information content (AvgIpc) is 3.51. The minimum Gasteiger partial charge on any atom is -0.467 e. The number of rotatable bonds is 5. The quantitative estimate of drug-likeness (QED) is 0.218. The molecule has 0 bridgehead atoms. The molecule has 3 aromatic rings. The lowest BCUT2D eigenvalue weighted by atomic mass is 9.98. The van der Waals surface area contributed by atoms with Gasteiger partial charge in [0.2, 0.25) is 0 Å². The molecule has 0 spiro atoms. The standard InChI is InChI=1S/C33H38N2O8/c1-20-15-16-25(41-31(36)22-11-8-7-9-12-22)30-26(42-33(3,4)43-30)14-10-13-23-28(32(37)40-21(20)2)27(39-19-38-6)17-24-29(23)34-18-35(24)5/h7-13,15-18,20-21,25-26,30H,14,19H2,1-6H3/b13-10?,16-15-/t20-,21+,25?,26+,30-/m1/s1. The Bertz CT molecular complexity index is 1530. The van der Waals surface area contributed by atoms with Gasteiger partial charge in [-0.15, -0.1) is 0 Å². The monoisotopic (exact) mass is 590 g/mol. The number of esters is 2. The van der Waals surface area contributed by atoms with Crippen molar-refractivity contribution in [2.75, 3.05) is 13.9 Å². The SMILES string of the molecule is COCOc1cc2c(ncn2C)c2c1C(=O)O[C@@H](C)[C@H](C)/C=C\C(OC(=O)c1ccccc1)[C@H]1OC(C)(C)O[C@H]1CC=C2. The Morgan fingerprint density at radius 3 is 2.65 bits per heavy atom. The number of cyclic esters (lactones) is 1. The van der Waals surface area contributed by atoms with E-state index in [-0.39, 0.29) is 18.3 Å². The number of benzene rings is 2. The first-order chi connectivity index (χ1) is 20.6. The van der Waals surface area contributed by atoms with Gasteiger partial charge in [-0.2, -0.15) is 0 Å². The summed E-state index contributed by atoms with van der Waals surface area (Å²) in [5.41, 5.74) is 2.65. The Hall–Kier alpha value is -3.99. The Labute approximate surface area is 251 Å². The summed E-state index contributed by atoms with van der Waals surface area (Å²) in [5, 5.41) is 0. The van der Waals surface area contributed by atoms with Gasteiger partial charge >= 0.3 is 11.9 Å². The van der Waals surface area contributed by atoms with Gasteiger partial charge in [0.1, 0.15) is 29.6 Å². The van der Waals surface area contributed by atoms with Crippen LogP contribution in [0.1, 0.15) is 60.4 Å². The van der Waals surface area contributed by atoms with E-state index in [9.17, 15) is 9.59 Å². The molecule has 43 heavy (non-hydrogen) atoms. The van der Waals surface area contributed by atoms with Crippen LogP contribution in [0.2, 0.25) is 0 Å². The van der Waals surface area contributed by atoms with Crippen LogP contribution in [0.4, 0.5) is 0 Å². The topological polar surface area (TPSA) is 107 Å². The van der Waals surface area contributed by atoms with Crippen LogP contribution >= 0.6 is 0 Å². The van der Waals surface area contributed by atoms with Crippen molar-refractivity contribution in [1.29, 1.82) is 0 Å². The second-order valence-corrected chi connectivity index (χ2v) is 11.3. The van der Waals surface area contributed by atoms with Gasteiger partial charge in [0, 0.05) is 31.7 Å². The molecule has 2 aliphatic rings. The van der Waals surface area contributed by atoms with Gasteiger partial charge in [0.25, 0.3) is 0 Å². The number of carbonyl (C=O) groups is 2. The highest BCUT2D eigenvalue weighted by atomic mass is 16.8. The summed E-state index contributed by atoms with van der Waals surface area (Å²) in [5.74, 6) is -1.83. The highest BCUT2D eigenvalue weighted by Crippen LogP contribution is 2.36. The van der Waals surface area contributed by atoms with E-state index in [0.717, 1.165) is 5.52 Å². The molecule has 0 aliphatic carbocycles. The molecular weight excluding hydrogens is 552 g/mol. The van der Waals surface area contributed by atoms with E-state index in [4.69, 9.17) is 28.4 Å². The Kier molecular flexibility index (Phi) is 9.00. The fourth-order valence-corrected chi connectivity index (χ4v) is 5.28. The van der Waals surface area contributed by atoms with Crippen molar-refractivity contribution in [2.24, 2.45) is 13.0 Å². The van der Waals surface area contributed by atoms with Gasteiger partial charge in [-0.3, -0.25) is 0 Å². The molecule has 0 amide bonds. The minimum atomic E-state index is -0.909. The summed E-state index contributed by atoms with van der Waals surface area (Å²) in [4.78, 5) is 31.5. The van der Waals surface area contributed by atoms with Crippen LogP contribution in [0.25, 0.3) is 17.1 Å². The summed E-state index contributed by atoms with van der Waals surface area (Å²) in [6.45, 7) is 7.36. The second-order valence-electron chi connectivity index (χ2n) is 11.3. The van der Waals surface area contributed by atoms with Gasteiger partial charge in [0.05, 0.1) is 29.0 Å². The van der Waals surface area contributed by atoms with Crippen molar-refractivity contribution >= 4 is 29.0 Å². The lowest BCUT2D eigenvalue weighted by Gasteiger charge is -2.25. The molecule has 1 fully saturated rings. The predicted octanol–water partition coefficient (Wildman–Crippen LogP) is 5.46. The molecule has 0 radical (unpaired) electrons. The number of hydrogen-bond acceptors (Lipinski definition) is 9. The normalized spacial score (nSPS) is 26.2. The highest BCUT2D eigenvalue weighted by molar-refractivity contribution is 6.04. The number of aryl methyl sites for hydroxylation is 1. The summed E-state index contributed by atoms with van der Waals surface area (Å²) in [7, 11) is 3.39. The van der Waals surface area contributed by atoms with Crippen molar-refractivity contribution < 1.29 is 38.0 Å². The average molecular weight is 591 g/mol. The Morgan fingerprint density at radius 1 is 1.14 bits per heavy atom. The number of methoxy groups -OCH3 is 1. The number of fused-ring (bicyclic) bond motifs is 4. The molecule has 3 heterocycles. The van der Waals surface area contributed by atoms with E-state index in [0.29, 0.717) is 28.8 Å². The molecule has 0 saturated carbocycles. The summed E-state index contributed by atoms with van der Waals surface area (Å²) in [6.07, 6.45) is 7.15. The predicted molar refractivity (Wildman–Crippen MR) is 160 cm³/mol. The molecule has 2 aromatic carbocycles. The maximum Gasteiger partial charge on any atom is 0.342 e. The van der Waals surface area contributed by atoms with E-state index >= 15 is 0 Å². The lowest BCUT2D eigenvalue weighted by Crippen LogP contribution is -2.37. The summed E-state index contributed by atoms with van der Waals surface area (Å²) >= 11 is 0. The largest absolute Gasteiger partial charge is 0.467 e. The number of hydrogen-bond donors (Lipinski definition) is 0. The zero-order valence-electron chi connectivity index (χ0n) is 25.3. The molecule has 10 heteroatoms. The molecule has 1 aromatic heterocycles. The van der Waals surface area contributed by atoms with Crippen molar-refractivity contribution in [3.8, 4) is 5.75 Å². The Morgan fingerprint density at radius 2 is 1.91 bits per heavy atom. The molecular formula is C33H38N2O8. The van der Waals surface area contributed by atoms with Gasteiger partial charge in [0.15, 0.2) is 12.6 Å². The molecule has 5 atom stereocenters. The van der Waals surface area contributed by atoms with Crippen LogP contribution in [-0.4, -0.2) is 65.6 Å². The smallest absolute Gasteiger partial charge is 0.342 e. The molecule has 5 rings (SSSR count). The molecule has 228 valence electrons. The first-order valence-corrected chi connectivity index (χ1v) is 14.3. The van der Waals surface area contributed by atoms with Gasteiger partial charge < -0.3 is 33.0 Å². The summed E-state index contributed by atoms with van der Waals surface area (Å²) < 4.78 is 37.5. The number of nitrogens with zero attached hydrogens (tertiary/aromatic N) is 2. The van der Waals surface area contributed by atoms with Crippen LogP contribution in [-0.2, 0) is 30.7 Å². The highest BCUT2D eigenvalue weighted by Gasteiger charge is 2.45. The van der Waals surface area contributed by atoms with Crippen LogP contribution in [0.3, 0.4) is 0 Å². The van der Waals surface area contributed by atoms with Crippen LogP contribution in [0.15, 0.2) is 61.0 Å². The molecule has 1 saturated heterocycles. The van der Waals surface area contributed by atoms with Crippen molar-refractivity contribution in [2.45, 2.75) is 64.3 Å².